The second kappa shape index (κ2) is 9.20. The van der Waals surface area contributed by atoms with Crippen molar-refractivity contribution in [2.24, 2.45) is 5.92 Å². The van der Waals surface area contributed by atoms with Crippen LogP contribution in [0, 0.1) is 11.7 Å². The number of aryl methyl sites for hydroxylation is 1. The Labute approximate surface area is 174 Å². The van der Waals surface area contributed by atoms with Gasteiger partial charge in [-0.1, -0.05) is 24.3 Å². The van der Waals surface area contributed by atoms with Crippen LogP contribution in [-0.4, -0.2) is 43.7 Å². The van der Waals surface area contributed by atoms with Gasteiger partial charge >= 0.3 is 0 Å². The molecule has 0 aromatic heterocycles. The number of likely N-dealkylation sites (tertiary alicyclic amines) is 1. The van der Waals surface area contributed by atoms with E-state index in [1.165, 1.54) is 35.2 Å². The van der Waals surface area contributed by atoms with E-state index in [2.05, 4.69) is 0 Å². The Morgan fingerprint density at radius 1 is 1.19 bits per heavy atom. The predicted octanol–water partition coefficient (Wildman–Crippen LogP) is 3.83. The summed E-state index contributed by atoms with van der Waals surface area (Å²) in [4.78, 5) is 1.31. The van der Waals surface area contributed by atoms with E-state index in [0.29, 0.717) is 0 Å². The molecule has 27 heavy (non-hydrogen) atoms. The highest BCUT2D eigenvalue weighted by Gasteiger charge is 2.28. The number of methoxy groups -OCH3 is 2. The third-order valence-corrected chi connectivity index (χ3v) is 4.73. The summed E-state index contributed by atoms with van der Waals surface area (Å²) < 4.78 is 101. The number of piperidine rings is 1. The number of para-hydroxylation sites is 1. The molecule has 0 aliphatic carbocycles. The average molecular weight is 384 g/mol. The van der Waals surface area contributed by atoms with Gasteiger partial charge in [0.05, 0.1) is 28.4 Å². The number of benzene rings is 2. The molecule has 1 aliphatic heterocycles. The molecular weight excluding hydrogens is 345 g/mol. The lowest BCUT2D eigenvalue weighted by atomic mass is 9.87. The van der Waals surface area contributed by atoms with Crippen LogP contribution in [0.4, 0.5) is 4.39 Å². The molecule has 0 radical (unpaired) electrons. The van der Waals surface area contributed by atoms with Crippen molar-refractivity contribution in [3.8, 4) is 11.5 Å². The quantitative estimate of drug-likeness (QED) is 0.789. The first-order valence-electron chi connectivity index (χ1n) is 13.6. The van der Waals surface area contributed by atoms with Crippen molar-refractivity contribution in [2.75, 3.05) is 33.7 Å². The zero-order valence-electron chi connectivity index (χ0n) is 24.6. The fraction of sp³-hybridized carbons (Fsp3) is 0.455. The van der Waals surface area contributed by atoms with Gasteiger partial charge in [0.1, 0.15) is 5.82 Å². The van der Waals surface area contributed by atoms with Crippen LogP contribution in [0.25, 0.3) is 0 Å². The second-order valence-corrected chi connectivity index (χ2v) is 6.39. The number of nitrogens with zero attached hydrogens (tertiary/aromatic N) is 1. The summed E-state index contributed by atoms with van der Waals surface area (Å²) in [6.07, 6.45) is -3.32. The van der Waals surface area contributed by atoms with Crippen LogP contribution >= 0.6 is 0 Å². The molecule has 0 amide bonds. The van der Waals surface area contributed by atoms with E-state index >= 15 is 0 Å². The van der Waals surface area contributed by atoms with Crippen LogP contribution < -0.4 is 9.47 Å². The smallest absolute Gasteiger partial charge is 0.166 e. The zero-order chi connectivity index (χ0) is 27.8. The van der Waals surface area contributed by atoms with E-state index in [-0.39, 0.29) is 42.8 Å². The summed E-state index contributed by atoms with van der Waals surface area (Å²) in [6, 6.07) is 8.55. The van der Waals surface area contributed by atoms with Gasteiger partial charge in [0, 0.05) is 17.5 Å². The maximum Gasteiger partial charge on any atom is 0.166 e. The number of hydrogen-bond acceptors (Lipinski definition) is 4. The van der Waals surface area contributed by atoms with Crippen LogP contribution in [0.3, 0.4) is 0 Å². The lowest BCUT2D eigenvalue weighted by Crippen LogP contribution is -2.36. The Kier molecular flexibility index (Phi) is 3.56. The fourth-order valence-corrected chi connectivity index (χ4v) is 3.21. The van der Waals surface area contributed by atoms with Crippen LogP contribution in [0.1, 0.15) is 43.8 Å². The van der Waals surface area contributed by atoms with Crippen molar-refractivity contribution in [3.05, 3.63) is 59.4 Å². The van der Waals surface area contributed by atoms with Crippen LogP contribution in [0.15, 0.2) is 42.5 Å². The monoisotopic (exact) mass is 383 g/mol. The minimum atomic E-state index is -2.95. The number of rotatable bonds is 7. The lowest BCUT2D eigenvalue weighted by molar-refractivity contribution is 0.0573. The van der Waals surface area contributed by atoms with Gasteiger partial charge in [-0.15, -0.1) is 0 Å². The fourth-order valence-electron chi connectivity index (χ4n) is 3.21. The van der Waals surface area contributed by atoms with E-state index in [0.717, 1.165) is 12.1 Å². The molecule has 1 heterocycles. The van der Waals surface area contributed by atoms with E-state index in [9.17, 15) is 9.50 Å². The number of halogens is 1. The highest BCUT2D eigenvalue weighted by molar-refractivity contribution is 5.47. The topological polar surface area (TPSA) is 41.9 Å². The summed E-state index contributed by atoms with van der Waals surface area (Å²) in [7, 11) is -5.84. The predicted molar refractivity (Wildman–Crippen MR) is 104 cm³/mol. The highest BCUT2D eigenvalue weighted by Crippen LogP contribution is 2.39. The minimum Gasteiger partial charge on any atom is -0.493 e. The Hall–Kier alpha value is -2.11. The van der Waals surface area contributed by atoms with Crippen molar-refractivity contribution < 1.29 is 32.7 Å². The summed E-state index contributed by atoms with van der Waals surface area (Å²) in [5.41, 5.74) is -0.000405. The summed E-state index contributed by atoms with van der Waals surface area (Å²) >= 11 is 0. The Morgan fingerprint density at radius 2 is 1.93 bits per heavy atom. The number of hydrogen-bond donors (Lipinski definition) is 1. The number of aliphatic hydroxyl groups excluding tert-OH is 1. The summed E-state index contributed by atoms with van der Waals surface area (Å²) in [5.74, 6) is -1.85. The second-order valence-electron chi connectivity index (χ2n) is 6.39. The SMILES string of the molecule is [2H]C([2H])([2H])Oc1cccc(C(O)C2CCN(C([2H])([2H])C([2H])([2H])c3ccc(F)cc3)CC2)c1OC([2H])([2H])[2H]. The molecule has 0 spiro atoms. The number of ether oxygens (including phenoxy) is 2. The van der Waals surface area contributed by atoms with Crippen molar-refractivity contribution >= 4 is 0 Å². The van der Waals surface area contributed by atoms with Crippen molar-refractivity contribution in [1.29, 1.82) is 0 Å². The van der Waals surface area contributed by atoms with Gasteiger partial charge in [-0.2, -0.15) is 0 Å². The largest absolute Gasteiger partial charge is 0.493 e. The maximum atomic E-state index is 13.3. The van der Waals surface area contributed by atoms with E-state index < -0.39 is 50.5 Å². The molecule has 1 saturated heterocycles. The van der Waals surface area contributed by atoms with Crippen LogP contribution in [0.2, 0.25) is 0 Å². The van der Waals surface area contributed by atoms with Gasteiger partial charge in [0.15, 0.2) is 11.5 Å². The molecule has 1 unspecified atom stereocenters. The van der Waals surface area contributed by atoms with Gasteiger partial charge < -0.3 is 19.5 Å². The molecule has 0 bridgehead atoms. The first kappa shape index (κ1) is 10.4. The molecule has 5 heteroatoms. The average Bonchev–Trinajstić information content (AvgIpc) is 2.78. The first-order valence-corrected chi connectivity index (χ1v) is 8.62. The standard InChI is InChI=1S/C22H28FNO3/c1-26-20-5-3-4-19(22(20)27-2)21(25)17-11-14-24(15-12-17)13-10-16-6-8-18(23)9-7-16/h3-9,17,21,25H,10-15H2,1-2H3/i1D3,2D3,10D2,13D2. The molecule has 2 aromatic rings. The van der Waals surface area contributed by atoms with Gasteiger partial charge in [0.25, 0.3) is 0 Å². The molecule has 4 nitrogen and oxygen atoms in total. The Bertz CT molecular complexity index is 1070. The zero-order valence-corrected chi connectivity index (χ0v) is 14.6. The van der Waals surface area contributed by atoms with Crippen LogP contribution in [0.5, 0.6) is 11.5 Å². The van der Waals surface area contributed by atoms with Gasteiger partial charge in [-0.25, -0.2) is 4.39 Å². The molecule has 1 N–H and O–H groups in total. The van der Waals surface area contributed by atoms with Gasteiger partial charge in [-0.3, -0.25) is 0 Å². The summed E-state index contributed by atoms with van der Waals surface area (Å²) in [6.45, 7) is -2.32. The van der Waals surface area contributed by atoms with Crippen molar-refractivity contribution in [2.45, 2.75) is 25.3 Å². The molecule has 1 fully saturated rings. The normalized spacial score (nSPS) is 24.4. The van der Waals surface area contributed by atoms with Crippen molar-refractivity contribution in [3.63, 3.8) is 0 Å². The van der Waals surface area contributed by atoms with Crippen molar-refractivity contribution in [1.82, 2.24) is 4.90 Å². The molecule has 1 atom stereocenters. The molecule has 2 aromatic carbocycles. The lowest BCUT2D eigenvalue weighted by Gasteiger charge is -2.34. The van der Waals surface area contributed by atoms with Gasteiger partial charge in [0.2, 0.25) is 0 Å². The summed E-state index contributed by atoms with van der Waals surface area (Å²) in [5, 5.41) is 11.1. The molecule has 146 valence electrons. The Morgan fingerprint density at radius 3 is 2.63 bits per heavy atom. The third-order valence-electron chi connectivity index (χ3n) is 4.73. The van der Waals surface area contributed by atoms with E-state index in [1.54, 1.807) is 0 Å². The Balaban J connectivity index is 1.80. The minimum absolute atomic E-state index is 0.0148. The first-order chi connectivity index (χ1) is 16.9. The molecule has 3 rings (SSSR count). The van der Waals surface area contributed by atoms with Crippen LogP contribution in [-0.2, 0) is 6.37 Å². The molecule has 0 saturated carbocycles. The molecular formula is C22H28FNO3. The highest BCUT2D eigenvalue weighted by atomic mass is 19.1. The van der Waals surface area contributed by atoms with E-state index in [4.69, 9.17) is 23.2 Å². The van der Waals surface area contributed by atoms with E-state index in [1.807, 2.05) is 0 Å². The maximum absolute atomic E-state index is 13.3. The third kappa shape index (κ3) is 4.79. The number of aliphatic hydroxyl groups is 1. The van der Waals surface area contributed by atoms with Gasteiger partial charge in [-0.05, 0) is 62.0 Å². The molecule has 1 aliphatic rings.